The molecule has 0 bridgehead atoms. The third kappa shape index (κ3) is 5.21. The van der Waals surface area contributed by atoms with Crippen molar-refractivity contribution in [2.45, 2.75) is 51.0 Å². The molecule has 2 atom stereocenters. The average Bonchev–Trinajstić information content (AvgIpc) is 3.54. The molecule has 5 rings (SSSR count). The van der Waals surface area contributed by atoms with Gasteiger partial charge in [-0.05, 0) is 43.5 Å². The van der Waals surface area contributed by atoms with E-state index < -0.39 is 12.3 Å². The number of ether oxygens (including phenoxy) is 2. The molecule has 178 valence electrons. The molecule has 1 amide bonds. The topological polar surface area (TPSA) is 69.5 Å². The fourth-order valence-electron chi connectivity index (χ4n) is 4.12. The molecular formula is C26H29FN4O3. The number of amides is 1. The van der Waals surface area contributed by atoms with Crippen molar-refractivity contribution in [3.05, 3.63) is 60.2 Å². The SMILES string of the molecule is Cc1cc(-c2cn(C)cn2)cnc1O[C@H]1CCN(C(=O)Cc2ccc(OC3CC3)cc2)CC1F. The molecule has 3 heterocycles. The van der Waals surface area contributed by atoms with Crippen LogP contribution in [0.2, 0.25) is 0 Å². The second-order valence-electron chi connectivity index (χ2n) is 9.21. The zero-order valence-electron chi connectivity index (χ0n) is 19.5. The smallest absolute Gasteiger partial charge is 0.227 e. The van der Waals surface area contributed by atoms with Gasteiger partial charge >= 0.3 is 0 Å². The van der Waals surface area contributed by atoms with Crippen molar-refractivity contribution in [3.63, 3.8) is 0 Å². The number of likely N-dealkylation sites (tertiary alicyclic amines) is 1. The second-order valence-corrected chi connectivity index (χ2v) is 9.21. The third-order valence-corrected chi connectivity index (χ3v) is 6.23. The number of imidazole rings is 1. The highest BCUT2D eigenvalue weighted by Gasteiger charge is 2.33. The number of nitrogens with zero attached hydrogens (tertiary/aromatic N) is 4. The largest absolute Gasteiger partial charge is 0.490 e. The maximum Gasteiger partial charge on any atom is 0.227 e. The summed E-state index contributed by atoms with van der Waals surface area (Å²) in [6.45, 7) is 2.37. The van der Waals surface area contributed by atoms with E-state index in [1.807, 2.05) is 55.1 Å². The van der Waals surface area contributed by atoms with E-state index in [1.54, 1.807) is 17.4 Å². The van der Waals surface area contributed by atoms with Crippen molar-refractivity contribution < 1.29 is 18.7 Å². The number of rotatable bonds is 7. The molecule has 34 heavy (non-hydrogen) atoms. The number of carbonyl (C=O) groups is 1. The number of hydrogen-bond donors (Lipinski definition) is 0. The summed E-state index contributed by atoms with van der Waals surface area (Å²) in [5.74, 6) is 1.17. The number of halogens is 1. The number of benzene rings is 1. The van der Waals surface area contributed by atoms with Crippen LogP contribution in [0.25, 0.3) is 11.3 Å². The lowest BCUT2D eigenvalue weighted by molar-refractivity contribution is -0.134. The van der Waals surface area contributed by atoms with Crippen molar-refractivity contribution in [3.8, 4) is 22.9 Å². The zero-order valence-corrected chi connectivity index (χ0v) is 19.5. The van der Waals surface area contributed by atoms with Crippen LogP contribution in [0.5, 0.6) is 11.6 Å². The highest BCUT2D eigenvalue weighted by Crippen LogP contribution is 2.28. The van der Waals surface area contributed by atoms with Gasteiger partial charge in [-0.3, -0.25) is 4.79 Å². The van der Waals surface area contributed by atoms with Crippen LogP contribution in [-0.2, 0) is 18.3 Å². The number of pyridine rings is 1. The standard InChI is InChI=1S/C26H29FN4O3/c1-17-11-19(23-15-30(2)16-29-23)13-28-26(17)34-24-9-10-31(14-22(24)27)25(32)12-18-3-5-20(6-4-18)33-21-7-8-21/h3-6,11,13,15-16,21-22,24H,7-10,12,14H2,1-2H3/t22?,24-/m0/s1. The van der Waals surface area contributed by atoms with Crippen LogP contribution in [0.15, 0.2) is 49.1 Å². The Morgan fingerprint density at radius 3 is 2.59 bits per heavy atom. The van der Waals surface area contributed by atoms with Gasteiger partial charge in [0.1, 0.15) is 11.9 Å². The van der Waals surface area contributed by atoms with Crippen LogP contribution >= 0.6 is 0 Å². The Balaban J connectivity index is 1.15. The molecule has 0 radical (unpaired) electrons. The van der Waals surface area contributed by atoms with E-state index in [0.29, 0.717) is 24.9 Å². The quantitative estimate of drug-likeness (QED) is 0.531. The van der Waals surface area contributed by atoms with Gasteiger partial charge in [0.15, 0.2) is 6.17 Å². The van der Waals surface area contributed by atoms with E-state index in [2.05, 4.69) is 9.97 Å². The van der Waals surface area contributed by atoms with E-state index in [-0.39, 0.29) is 18.9 Å². The number of carbonyl (C=O) groups excluding carboxylic acids is 1. The zero-order chi connectivity index (χ0) is 23.7. The summed E-state index contributed by atoms with van der Waals surface area (Å²) in [6.07, 6.45) is 6.66. The lowest BCUT2D eigenvalue weighted by atomic mass is 10.0. The van der Waals surface area contributed by atoms with Gasteiger partial charge in [0, 0.05) is 43.5 Å². The second kappa shape index (κ2) is 9.44. The van der Waals surface area contributed by atoms with E-state index in [1.165, 1.54) is 0 Å². The van der Waals surface area contributed by atoms with Gasteiger partial charge in [-0.1, -0.05) is 12.1 Å². The molecule has 1 aliphatic heterocycles. The van der Waals surface area contributed by atoms with Crippen LogP contribution in [0.3, 0.4) is 0 Å². The van der Waals surface area contributed by atoms with E-state index in [9.17, 15) is 9.18 Å². The Labute approximate surface area is 198 Å². The summed E-state index contributed by atoms with van der Waals surface area (Å²) in [5.41, 5.74) is 3.43. The molecule has 2 fully saturated rings. The number of aromatic nitrogens is 3. The third-order valence-electron chi connectivity index (χ3n) is 6.23. The summed E-state index contributed by atoms with van der Waals surface area (Å²) in [7, 11) is 1.91. The first-order valence-corrected chi connectivity index (χ1v) is 11.7. The van der Waals surface area contributed by atoms with Crippen molar-refractivity contribution in [1.29, 1.82) is 0 Å². The number of hydrogen-bond acceptors (Lipinski definition) is 5. The molecule has 1 aromatic carbocycles. The predicted molar refractivity (Wildman–Crippen MR) is 125 cm³/mol. The van der Waals surface area contributed by atoms with Gasteiger partial charge in [0.25, 0.3) is 0 Å². The van der Waals surface area contributed by atoms with Crippen LogP contribution in [-0.4, -0.2) is 56.8 Å². The molecule has 1 aliphatic carbocycles. The van der Waals surface area contributed by atoms with Gasteiger partial charge in [0.05, 0.1) is 31.1 Å². The van der Waals surface area contributed by atoms with Gasteiger partial charge in [0.2, 0.25) is 11.8 Å². The average molecular weight is 465 g/mol. The van der Waals surface area contributed by atoms with Crippen LogP contribution in [0.4, 0.5) is 4.39 Å². The first kappa shape index (κ1) is 22.4. The summed E-state index contributed by atoms with van der Waals surface area (Å²) in [4.78, 5) is 23.1. The molecule has 8 heteroatoms. The predicted octanol–water partition coefficient (Wildman–Crippen LogP) is 3.89. The molecule has 2 aromatic heterocycles. The molecular weight excluding hydrogens is 435 g/mol. The minimum absolute atomic E-state index is 0.0252. The molecule has 1 unspecified atom stereocenters. The molecule has 1 saturated heterocycles. The maximum atomic E-state index is 15.0. The van der Waals surface area contributed by atoms with Crippen LogP contribution in [0.1, 0.15) is 30.4 Å². The molecule has 2 aliphatic rings. The van der Waals surface area contributed by atoms with Crippen molar-refractivity contribution >= 4 is 5.91 Å². The number of alkyl halides is 1. The molecule has 0 spiro atoms. The lowest BCUT2D eigenvalue weighted by Crippen LogP contribution is -2.49. The van der Waals surface area contributed by atoms with Crippen molar-refractivity contribution in [2.75, 3.05) is 13.1 Å². The maximum absolute atomic E-state index is 15.0. The summed E-state index contributed by atoms with van der Waals surface area (Å²) < 4.78 is 28.5. The van der Waals surface area contributed by atoms with Gasteiger partial charge < -0.3 is 18.9 Å². The number of piperidine rings is 1. The van der Waals surface area contributed by atoms with E-state index in [0.717, 1.165) is 41.0 Å². The van der Waals surface area contributed by atoms with Crippen LogP contribution < -0.4 is 9.47 Å². The Bertz CT molecular complexity index is 1160. The minimum Gasteiger partial charge on any atom is -0.490 e. The molecule has 3 aromatic rings. The minimum atomic E-state index is -1.27. The van der Waals surface area contributed by atoms with E-state index >= 15 is 0 Å². The van der Waals surface area contributed by atoms with Crippen molar-refractivity contribution in [2.24, 2.45) is 7.05 Å². The lowest BCUT2D eigenvalue weighted by Gasteiger charge is -2.34. The first-order chi connectivity index (χ1) is 16.4. The summed E-state index contributed by atoms with van der Waals surface area (Å²) in [5, 5.41) is 0. The Kier molecular flexibility index (Phi) is 6.22. The number of aryl methyl sites for hydroxylation is 2. The van der Waals surface area contributed by atoms with Gasteiger partial charge in [-0.15, -0.1) is 0 Å². The fraction of sp³-hybridized carbons (Fsp3) is 0.423. The molecule has 7 nitrogen and oxygen atoms in total. The van der Waals surface area contributed by atoms with E-state index in [4.69, 9.17) is 9.47 Å². The summed E-state index contributed by atoms with van der Waals surface area (Å²) in [6, 6.07) is 9.54. The molecule has 0 N–H and O–H groups in total. The molecule has 1 saturated carbocycles. The summed E-state index contributed by atoms with van der Waals surface area (Å²) >= 11 is 0. The van der Waals surface area contributed by atoms with Gasteiger partial charge in [-0.25, -0.2) is 14.4 Å². The van der Waals surface area contributed by atoms with Gasteiger partial charge in [-0.2, -0.15) is 0 Å². The monoisotopic (exact) mass is 464 g/mol. The fourth-order valence-corrected chi connectivity index (χ4v) is 4.12. The first-order valence-electron chi connectivity index (χ1n) is 11.7. The Morgan fingerprint density at radius 1 is 1.15 bits per heavy atom. The van der Waals surface area contributed by atoms with Crippen LogP contribution in [0, 0.1) is 6.92 Å². The normalized spacial score (nSPS) is 20.3. The Hall–Kier alpha value is -3.42. The Morgan fingerprint density at radius 2 is 1.94 bits per heavy atom. The van der Waals surface area contributed by atoms with Crippen molar-refractivity contribution in [1.82, 2.24) is 19.4 Å². The highest BCUT2D eigenvalue weighted by molar-refractivity contribution is 5.79. The highest BCUT2D eigenvalue weighted by atomic mass is 19.1.